The monoisotopic (exact) mass is 450 g/mol. The van der Waals surface area contributed by atoms with Crippen molar-refractivity contribution in [3.05, 3.63) is 47.5 Å². The van der Waals surface area contributed by atoms with E-state index in [0.717, 1.165) is 43.2 Å². The van der Waals surface area contributed by atoms with Crippen LogP contribution in [-0.2, 0) is 4.79 Å². The van der Waals surface area contributed by atoms with E-state index in [0.29, 0.717) is 12.8 Å². The summed E-state index contributed by atoms with van der Waals surface area (Å²) in [6, 6.07) is 8.00. The zero-order valence-electron chi connectivity index (χ0n) is 19.1. The third kappa shape index (κ3) is 8.59. The first-order valence-electron chi connectivity index (χ1n) is 11.6. The molecular formula is C26H39ClO4. The van der Waals surface area contributed by atoms with Gasteiger partial charge in [-0.1, -0.05) is 63.6 Å². The van der Waals surface area contributed by atoms with Crippen LogP contribution in [0.3, 0.4) is 0 Å². The summed E-state index contributed by atoms with van der Waals surface area (Å²) in [5.41, 5.74) is 2.26. The van der Waals surface area contributed by atoms with Gasteiger partial charge in [-0.25, -0.2) is 0 Å². The highest BCUT2D eigenvalue weighted by atomic mass is 35.5. The van der Waals surface area contributed by atoms with Gasteiger partial charge in [0.15, 0.2) is 0 Å². The van der Waals surface area contributed by atoms with Crippen LogP contribution in [0.5, 0.6) is 0 Å². The lowest BCUT2D eigenvalue weighted by molar-refractivity contribution is -0.137. The fraction of sp³-hybridized carbons (Fsp3) is 0.654. The lowest BCUT2D eigenvalue weighted by Crippen LogP contribution is -2.18. The van der Waals surface area contributed by atoms with Crippen molar-refractivity contribution in [1.82, 2.24) is 0 Å². The predicted molar refractivity (Wildman–Crippen MR) is 126 cm³/mol. The van der Waals surface area contributed by atoms with Crippen molar-refractivity contribution < 1.29 is 20.1 Å². The van der Waals surface area contributed by atoms with E-state index in [1.165, 1.54) is 0 Å². The van der Waals surface area contributed by atoms with E-state index >= 15 is 0 Å². The minimum atomic E-state index is -0.768. The van der Waals surface area contributed by atoms with Crippen LogP contribution < -0.4 is 0 Å². The van der Waals surface area contributed by atoms with E-state index in [1.807, 2.05) is 30.3 Å². The van der Waals surface area contributed by atoms with E-state index in [2.05, 4.69) is 26.8 Å². The fourth-order valence-corrected chi connectivity index (χ4v) is 4.94. The van der Waals surface area contributed by atoms with Crippen LogP contribution in [0, 0.1) is 11.3 Å². The zero-order chi connectivity index (χ0) is 23.0. The number of carboxylic acid groups (broad SMARTS) is 1. The van der Waals surface area contributed by atoms with E-state index in [-0.39, 0.29) is 29.0 Å². The molecule has 1 aromatic rings. The molecular weight excluding hydrogens is 412 g/mol. The molecule has 0 aliphatic heterocycles. The molecule has 174 valence electrons. The SMILES string of the molecule is CC(C)(C)CCCC(O)c1ccc([C@@H]2C(C/C=C\CCCC(=O)O)[C@H](Cl)C[C@H]2O)cc1. The second-order valence-corrected chi connectivity index (χ2v) is 10.7. The summed E-state index contributed by atoms with van der Waals surface area (Å²) in [5, 5.41) is 29.8. The van der Waals surface area contributed by atoms with E-state index < -0.39 is 18.2 Å². The molecule has 31 heavy (non-hydrogen) atoms. The molecule has 1 aliphatic rings. The highest BCUT2D eigenvalue weighted by Gasteiger charge is 2.41. The van der Waals surface area contributed by atoms with Crippen molar-refractivity contribution in [3.63, 3.8) is 0 Å². The summed E-state index contributed by atoms with van der Waals surface area (Å²) in [6.07, 6.45) is 8.86. The Morgan fingerprint density at radius 3 is 2.48 bits per heavy atom. The molecule has 1 aromatic carbocycles. The largest absolute Gasteiger partial charge is 0.481 e. The Balaban J connectivity index is 1.95. The Hall–Kier alpha value is -1.36. The maximum atomic E-state index is 10.6. The van der Waals surface area contributed by atoms with Crippen LogP contribution in [0.25, 0.3) is 0 Å². The number of unbranched alkanes of at least 4 members (excludes halogenated alkanes) is 1. The number of alkyl halides is 1. The molecule has 1 aliphatic carbocycles. The first kappa shape index (κ1) is 25.9. The number of hydrogen-bond acceptors (Lipinski definition) is 3. The van der Waals surface area contributed by atoms with Gasteiger partial charge in [0, 0.05) is 17.7 Å². The molecule has 4 nitrogen and oxygen atoms in total. The van der Waals surface area contributed by atoms with Gasteiger partial charge in [-0.2, -0.15) is 0 Å². The molecule has 0 amide bonds. The average Bonchev–Trinajstić information content (AvgIpc) is 2.96. The molecule has 0 spiro atoms. The Bertz CT molecular complexity index is 707. The van der Waals surface area contributed by atoms with E-state index in [9.17, 15) is 15.0 Å². The second kappa shape index (κ2) is 12.0. The minimum Gasteiger partial charge on any atom is -0.481 e. The van der Waals surface area contributed by atoms with Crippen molar-refractivity contribution in [3.8, 4) is 0 Å². The number of carboxylic acids is 1. The summed E-state index contributed by atoms with van der Waals surface area (Å²) >= 11 is 6.56. The maximum absolute atomic E-state index is 10.6. The summed E-state index contributed by atoms with van der Waals surface area (Å²) < 4.78 is 0. The molecule has 5 heteroatoms. The number of rotatable bonds is 11. The van der Waals surface area contributed by atoms with Crippen LogP contribution in [0.1, 0.15) is 95.3 Å². The lowest BCUT2D eigenvalue weighted by atomic mass is 9.84. The van der Waals surface area contributed by atoms with Gasteiger partial charge in [0.25, 0.3) is 0 Å². The minimum absolute atomic E-state index is 0.0294. The first-order chi connectivity index (χ1) is 14.6. The number of benzene rings is 1. The second-order valence-electron chi connectivity index (χ2n) is 10.1. The molecule has 0 aromatic heterocycles. The molecule has 3 N–H and O–H groups in total. The summed E-state index contributed by atoms with van der Waals surface area (Å²) in [5.74, 6) is -0.663. The van der Waals surface area contributed by atoms with Crippen molar-refractivity contribution in [1.29, 1.82) is 0 Å². The molecule has 1 fully saturated rings. The van der Waals surface area contributed by atoms with Crippen molar-refractivity contribution in [2.75, 3.05) is 0 Å². The smallest absolute Gasteiger partial charge is 0.303 e. The highest BCUT2D eigenvalue weighted by molar-refractivity contribution is 6.21. The van der Waals surface area contributed by atoms with Crippen molar-refractivity contribution in [2.45, 2.75) is 95.6 Å². The molecule has 0 heterocycles. The van der Waals surface area contributed by atoms with Gasteiger partial charge in [0.2, 0.25) is 0 Å². The van der Waals surface area contributed by atoms with Gasteiger partial charge in [-0.3, -0.25) is 4.79 Å². The van der Waals surface area contributed by atoms with Crippen LogP contribution >= 0.6 is 11.6 Å². The number of allylic oxidation sites excluding steroid dienone is 2. The molecule has 0 bridgehead atoms. The van der Waals surface area contributed by atoms with Crippen LogP contribution in [0.15, 0.2) is 36.4 Å². The normalized spacial score (nSPS) is 25.2. The summed E-state index contributed by atoms with van der Waals surface area (Å²) in [4.78, 5) is 10.6. The molecule has 0 radical (unpaired) electrons. The zero-order valence-corrected chi connectivity index (χ0v) is 19.9. The van der Waals surface area contributed by atoms with Gasteiger partial charge in [0.05, 0.1) is 12.2 Å². The quantitative estimate of drug-likeness (QED) is 0.213. The van der Waals surface area contributed by atoms with Gasteiger partial charge < -0.3 is 15.3 Å². The number of aliphatic carboxylic acids is 1. The maximum Gasteiger partial charge on any atom is 0.303 e. The summed E-state index contributed by atoms with van der Waals surface area (Å²) in [6.45, 7) is 6.65. The highest BCUT2D eigenvalue weighted by Crippen LogP contribution is 2.45. The number of carbonyl (C=O) groups is 1. The van der Waals surface area contributed by atoms with Gasteiger partial charge >= 0.3 is 5.97 Å². The number of halogens is 1. The predicted octanol–water partition coefficient (Wildman–Crippen LogP) is 6.21. The molecule has 1 saturated carbocycles. The Morgan fingerprint density at radius 1 is 1.19 bits per heavy atom. The van der Waals surface area contributed by atoms with Crippen LogP contribution in [-0.4, -0.2) is 32.8 Å². The standard InChI is InChI=1S/C26H39ClO4/c1-26(2,3)16-8-10-22(28)18-12-14-19(15-13-18)25-20(21(27)17-23(25)29)9-6-4-5-7-11-24(30)31/h4,6,12-15,20-23,25,28-29H,5,7-11,16-17H2,1-3H3,(H,30,31)/b6-4-/t20?,21-,22?,23-,25-/m1/s1. The summed E-state index contributed by atoms with van der Waals surface area (Å²) in [7, 11) is 0. The third-order valence-electron chi connectivity index (χ3n) is 6.25. The van der Waals surface area contributed by atoms with Gasteiger partial charge in [-0.05, 0) is 61.0 Å². The fourth-order valence-electron chi connectivity index (χ4n) is 4.50. The van der Waals surface area contributed by atoms with Crippen molar-refractivity contribution in [2.24, 2.45) is 11.3 Å². The molecule has 0 saturated heterocycles. The topological polar surface area (TPSA) is 77.8 Å². The van der Waals surface area contributed by atoms with E-state index in [1.54, 1.807) is 0 Å². The number of aliphatic hydroxyl groups excluding tert-OH is 2. The van der Waals surface area contributed by atoms with Gasteiger partial charge in [-0.15, -0.1) is 11.6 Å². The van der Waals surface area contributed by atoms with Crippen molar-refractivity contribution >= 4 is 17.6 Å². The van der Waals surface area contributed by atoms with E-state index in [4.69, 9.17) is 16.7 Å². The number of aliphatic hydroxyl groups is 2. The Morgan fingerprint density at radius 2 is 1.87 bits per heavy atom. The molecule has 2 rings (SSSR count). The van der Waals surface area contributed by atoms with Crippen LogP contribution in [0.2, 0.25) is 0 Å². The van der Waals surface area contributed by atoms with Gasteiger partial charge in [0.1, 0.15) is 0 Å². The van der Waals surface area contributed by atoms with Crippen LogP contribution in [0.4, 0.5) is 0 Å². The molecule has 5 atom stereocenters. The first-order valence-corrected chi connectivity index (χ1v) is 12.0. The number of hydrogen-bond donors (Lipinski definition) is 3. The Labute approximate surface area is 192 Å². The Kier molecular flexibility index (Phi) is 10.1. The lowest BCUT2D eigenvalue weighted by Gasteiger charge is -2.24. The molecule has 2 unspecified atom stereocenters. The average molecular weight is 451 g/mol. The third-order valence-corrected chi connectivity index (χ3v) is 6.76.